The number of quaternary nitrogens is 1. The molecule has 0 saturated carbocycles. The molecule has 5 nitrogen and oxygen atoms in total. The van der Waals surface area contributed by atoms with Gasteiger partial charge in [0.05, 0.1) is 27.6 Å². The molecule has 0 amide bonds. The zero-order chi connectivity index (χ0) is 34.9. The number of allylic oxidation sites excluding steroid dienone is 4. The van der Waals surface area contributed by atoms with Gasteiger partial charge < -0.3 is 26.5 Å². The van der Waals surface area contributed by atoms with Crippen molar-refractivity contribution in [2.24, 2.45) is 0 Å². The minimum absolute atomic E-state index is 0. The Hall–Kier alpha value is -1.14. The first-order chi connectivity index (χ1) is 22.7. The average Bonchev–Trinajstić information content (AvgIpc) is 3.03. The first-order valence-corrected chi connectivity index (χ1v) is 20.3. The molecule has 0 aliphatic heterocycles. The minimum Gasteiger partial charge on any atom is -1.00 e. The van der Waals surface area contributed by atoms with E-state index in [1.54, 1.807) is 0 Å². The molecule has 48 heavy (non-hydrogen) atoms. The molecule has 0 radical (unpaired) electrons. The summed E-state index contributed by atoms with van der Waals surface area (Å²) in [7, 11) is 5.77. The lowest BCUT2D eigenvalue weighted by molar-refractivity contribution is -0.974. The van der Waals surface area contributed by atoms with Crippen LogP contribution in [0.4, 0.5) is 0 Å². The molecule has 0 aliphatic rings. The van der Waals surface area contributed by atoms with Crippen molar-refractivity contribution in [3.63, 3.8) is 0 Å². The summed E-state index contributed by atoms with van der Waals surface area (Å²) in [4.78, 5) is 25.7. The van der Waals surface area contributed by atoms with Crippen LogP contribution in [-0.4, -0.2) is 43.5 Å². The quantitative estimate of drug-likeness (QED) is 0.0217. The molecule has 0 spiro atoms. The van der Waals surface area contributed by atoms with E-state index < -0.39 is 5.91 Å². The van der Waals surface area contributed by atoms with E-state index in [1.807, 2.05) is 28.1 Å². The van der Waals surface area contributed by atoms with E-state index in [2.05, 4.69) is 38.2 Å². The van der Waals surface area contributed by atoms with Gasteiger partial charge in [-0.3, -0.25) is 14.1 Å². The summed E-state index contributed by atoms with van der Waals surface area (Å²) in [5.41, 5.74) is 0. The van der Waals surface area contributed by atoms with Crippen LogP contribution in [0.5, 0.6) is 0 Å². The van der Waals surface area contributed by atoms with Gasteiger partial charge in [0.25, 0.3) is 0 Å². The number of hydrogen-bond donors (Lipinski definition) is 0. The molecule has 6 heteroatoms. The van der Waals surface area contributed by atoms with Crippen molar-refractivity contribution >= 4 is 11.9 Å². The zero-order valence-electron chi connectivity index (χ0n) is 32.8. The smallest absolute Gasteiger partial charge is 0.407 e. The summed E-state index contributed by atoms with van der Waals surface area (Å²) >= 11 is 0. The Kier molecular flexibility index (Phi) is 35.0. The van der Waals surface area contributed by atoms with Gasteiger partial charge in [0.1, 0.15) is 0 Å². The maximum atomic E-state index is 12.8. The number of carbonyl (C=O) groups is 2. The Balaban J connectivity index is 0. The van der Waals surface area contributed by atoms with Crippen LogP contribution in [-0.2, 0) is 19.1 Å². The Morgan fingerprint density at radius 2 is 0.729 bits per heavy atom. The van der Waals surface area contributed by atoms with Crippen LogP contribution in [0.1, 0.15) is 207 Å². The van der Waals surface area contributed by atoms with E-state index in [4.69, 9.17) is 9.47 Å². The maximum Gasteiger partial charge on any atom is 0.407 e. The average molecular weight is 743 g/mol. The van der Waals surface area contributed by atoms with E-state index in [0.29, 0.717) is 19.3 Å². The predicted molar refractivity (Wildman–Crippen MR) is 202 cm³/mol. The second-order valence-corrected chi connectivity index (χ2v) is 14.7. The highest BCUT2D eigenvalue weighted by Crippen LogP contribution is 2.28. The molecule has 0 aromatic carbocycles. The van der Waals surface area contributed by atoms with Crippen LogP contribution in [0, 0.1) is 0 Å². The molecule has 0 atom stereocenters. The Bertz CT molecular complexity index is 735. The summed E-state index contributed by atoms with van der Waals surface area (Å²) in [6.45, 7) is 6.46. The van der Waals surface area contributed by atoms with Crippen LogP contribution in [0.15, 0.2) is 24.3 Å². The summed E-state index contributed by atoms with van der Waals surface area (Å²) in [6, 6.07) is 0. The Labute approximate surface area is 309 Å². The molecule has 0 aliphatic carbocycles. The van der Waals surface area contributed by atoms with Gasteiger partial charge in [0.15, 0.2) is 0 Å². The highest BCUT2D eigenvalue weighted by molar-refractivity contribution is 5.71. The van der Waals surface area contributed by atoms with E-state index in [-0.39, 0.29) is 33.4 Å². The molecule has 0 aromatic rings. The Morgan fingerprint density at radius 1 is 0.458 bits per heavy atom. The number of esters is 2. The molecule has 284 valence electrons. The van der Waals surface area contributed by atoms with Crippen molar-refractivity contribution in [3.05, 3.63) is 24.3 Å². The number of hydrogen-bond acceptors (Lipinski definition) is 4. The predicted octanol–water partition coefficient (Wildman–Crippen LogP) is 9.92. The van der Waals surface area contributed by atoms with E-state index in [9.17, 15) is 9.59 Å². The second-order valence-electron chi connectivity index (χ2n) is 14.7. The largest absolute Gasteiger partial charge is 1.00 e. The lowest BCUT2D eigenvalue weighted by atomic mass is 10.1. The molecule has 0 heterocycles. The number of carbonyl (C=O) groups excluding carboxylic acids is 2. The summed E-state index contributed by atoms with van der Waals surface area (Å²) in [5, 5.41) is 0. The Morgan fingerprint density at radius 3 is 1.00 bits per heavy atom. The standard InChI is InChI=1S/C42H80NO4.BrH/c1-7-10-12-14-16-18-20-22-24-26-28-30-32-34-36-38-40(44)46-42(9-3,43(4,5)6)47-41(45)39-37-35-33-31-29-27-25-23-21-19-17-15-13-11-8-2;/h22-25H,7-21,26-39H2,1-6H3;1H/q+1;/p-1. The highest BCUT2D eigenvalue weighted by Gasteiger charge is 2.50. The van der Waals surface area contributed by atoms with Crippen molar-refractivity contribution in [3.8, 4) is 0 Å². The van der Waals surface area contributed by atoms with Crippen LogP contribution in [0.25, 0.3) is 0 Å². The number of unbranched alkanes of at least 4 members (excludes halogenated alkanes) is 22. The summed E-state index contributed by atoms with van der Waals surface area (Å²) in [6.07, 6.45) is 42.4. The van der Waals surface area contributed by atoms with Gasteiger partial charge in [0, 0.05) is 12.8 Å². The molecule has 0 fully saturated rings. The van der Waals surface area contributed by atoms with Crippen LogP contribution < -0.4 is 17.0 Å². The van der Waals surface area contributed by atoms with Crippen molar-refractivity contribution in [2.75, 3.05) is 21.1 Å². The van der Waals surface area contributed by atoms with Gasteiger partial charge in [-0.1, -0.05) is 148 Å². The van der Waals surface area contributed by atoms with Crippen LogP contribution >= 0.6 is 0 Å². The number of nitrogens with zero attached hydrogens (tertiary/aromatic N) is 1. The van der Waals surface area contributed by atoms with E-state index in [1.165, 1.54) is 116 Å². The first-order valence-electron chi connectivity index (χ1n) is 20.3. The lowest BCUT2D eigenvalue weighted by Gasteiger charge is -2.42. The fourth-order valence-electron chi connectivity index (χ4n) is 6.05. The van der Waals surface area contributed by atoms with E-state index in [0.717, 1.165) is 51.4 Å². The SMILES string of the molecule is CCCCCCCCC=CCCCCCCCC(=O)OC(CC)(OC(=O)CCCCCCCC=CCCCCCCCC)[N+](C)(C)C.[Br-]. The van der Waals surface area contributed by atoms with Gasteiger partial charge in [-0.15, -0.1) is 0 Å². The topological polar surface area (TPSA) is 52.6 Å². The number of rotatable bonds is 34. The van der Waals surface area contributed by atoms with Crippen molar-refractivity contribution in [1.29, 1.82) is 0 Å². The number of ether oxygens (including phenoxy) is 2. The monoisotopic (exact) mass is 742 g/mol. The van der Waals surface area contributed by atoms with Gasteiger partial charge in [-0.05, 0) is 64.2 Å². The summed E-state index contributed by atoms with van der Waals surface area (Å²) in [5.74, 6) is -1.82. The normalized spacial score (nSPS) is 13.1. The fraction of sp³-hybridized carbons (Fsp3) is 0.857. The third-order valence-corrected chi connectivity index (χ3v) is 9.30. The summed E-state index contributed by atoms with van der Waals surface area (Å²) < 4.78 is 12.1. The lowest BCUT2D eigenvalue weighted by Crippen LogP contribution is -3.00. The zero-order valence-corrected chi connectivity index (χ0v) is 34.4. The van der Waals surface area contributed by atoms with Crippen LogP contribution in [0.3, 0.4) is 0 Å². The van der Waals surface area contributed by atoms with Crippen molar-refractivity contribution < 1.29 is 40.5 Å². The van der Waals surface area contributed by atoms with Crippen LogP contribution in [0.2, 0.25) is 0 Å². The van der Waals surface area contributed by atoms with Gasteiger partial charge in [-0.2, -0.15) is 0 Å². The molecule has 0 saturated heterocycles. The maximum absolute atomic E-state index is 12.8. The molecule has 0 bridgehead atoms. The van der Waals surface area contributed by atoms with E-state index >= 15 is 0 Å². The van der Waals surface area contributed by atoms with Gasteiger partial charge in [0.2, 0.25) is 0 Å². The van der Waals surface area contributed by atoms with Crippen molar-refractivity contribution in [1.82, 2.24) is 0 Å². The first kappa shape index (κ1) is 49.0. The second kappa shape index (κ2) is 34.3. The molecule has 0 aromatic heterocycles. The molecular weight excluding hydrogens is 662 g/mol. The number of halogens is 1. The third-order valence-electron chi connectivity index (χ3n) is 9.30. The molecule has 0 unspecified atom stereocenters. The minimum atomic E-state index is -1.28. The van der Waals surface area contributed by atoms with Crippen molar-refractivity contribution in [2.45, 2.75) is 213 Å². The fourth-order valence-corrected chi connectivity index (χ4v) is 6.05. The molecule has 0 rings (SSSR count). The van der Waals surface area contributed by atoms with Gasteiger partial charge in [-0.25, -0.2) is 0 Å². The molecule has 0 N–H and O–H groups in total. The highest BCUT2D eigenvalue weighted by atomic mass is 79.9. The third kappa shape index (κ3) is 28.7. The molecular formula is C42H80BrNO4. The van der Waals surface area contributed by atoms with Gasteiger partial charge >= 0.3 is 17.8 Å².